The first-order chi connectivity index (χ1) is 9.04. The molecular weight excluding hydrogens is 368 g/mol. The molecule has 96 valence electrons. The van der Waals surface area contributed by atoms with Crippen molar-refractivity contribution in [3.8, 4) is 11.3 Å². The largest absolute Gasteiger partial charge is 0.304 e. The number of halogens is 2. The highest BCUT2D eigenvalue weighted by atomic mass is 79.9. The van der Waals surface area contributed by atoms with Gasteiger partial charge in [-0.15, -0.1) is 0 Å². The molecule has 0 atom stereocenters. The minimum atomic E-state index is 0.930. The summed E-state index contributed by atoms with van der Waals surface area (Å²) >= 11 is 7.05. The Hall–Kier alpha value is -1.13. The van der Waals surface area contributed by atoms with Gasteiger partial charge in [0.05, 0.1) is 10.2 Å². The van der Waals surface area contributed by atoms with E-state index in [0.717, 1.165) is 20.3 Å². The van der Waals surface area contributed by atoms with Crippen molar-refractivity contribution < 1.29 is 0 Å². The van der Waals surface area contributed by atoms with Crippen molar-refractivity contribution in [1.29, 1.82) is 0 Å². The molecular formula is C15H12Br2N2. The maximum atomic E-state index is 4.72. The van der Waals surface area contributed by atoms with Crippen LogP contribution in [0.2, 0.25) is 0 Å². The van der Waals surface area contributed by atoms with E-state index in [1.54, 1.807) is 0 Å². The summed E-state index contributed by atoms with van der Waals surface area (Å²) in [5.74, 6) is 0. The zero-order chi connectivity index (χ0) is 13.6. The SMILES string of the molecule is Cc1ccc(C)c(-c2cn3cc(Br)cc(Br)c3n2)c1. The molecule has 2 aromatic heterocycles. The summed E-state index contributed by atoms with van der Waals surface area (Å²) in [5, 5.41) is 0. The smallest absolute Gasteiger partial charge is 0.151 e. The maximum absolute atomic E-state index is 4.72. The van der Waals surface area contributed by atoms with E-state index in [9.17, 15) is 0 Å². The van der Waals surface area contributed by atoms with Crippen LogP contribution in [-0.4, -0.2) is 9.38 Å². The summed E-state index contributed by atoms with van der Waals surface area (Å²) < 4.78 is 4.04. The molecule has 19 heavy (non-hydrogen) atoms. The first kappa shape index (κ1) is 12.9. The van der Waals surface area contributed by atoms with Gasteiger partial charge in [0.2, 0.25) is 0 Å². The van der Waals surface area contributed by atoms with Crippen molar-refractivity contribution in [2.45, 2.75) is 13.8 Å². The molecule has 2 heterocycles. The van der Waals surface area contributed by atoms with E-state index >= 15 is 0 Å². The molecule has 0 radical (unpaired) electrons. The van der Waals surface area contributed by atoms with Gasteiger partial charge in [-0.1, -0.05) is 17.7 Å². The number of hydrogen-bond donors (Lipinski definition) is 0. The third-order valence-electron chi connectivity index (χ3n) is 3.14. The Morgan fingerprint density at radius 3 is 2.63 bits per heavy atom. The lowest BCUT2D eigenvalue weighted by molar-refractivity contribution is 1.17. The van der Waals surface area contributed by atoms with Crippen LogP contribution < -0.4 is 0 Å². The molecule has 2 nitrogen and oxygen atoms in total. The highest BCUT2D eigenvalue weighted by Crippen LogP contribution is 2.28. The summed E-state index contributed by atoms with van der Waals surface area (Å²) in [4.78, 5) is 4.72. The van der Waals surface area contributed by atoms with Gasteiger partial charge in [-0.05, 0) is 63.4 Å². The van der Waals surface area contributed by atoms with Crippen LogP contribution in [0.1, 0.15) is 11.1 Å². The summed E-state index contributed by atoms with van der Waals surface area (Å²) in [6, 6.07) is 8.45. The van der Waals surface area contributed by atoms with Gasteiger partial charge >= 0.3 is 0 Å². The molecule has 0 fully saturated rings. The molecule has 0 saturated carbocycles. The van der Waals surface area contributed by atoms with Crippen molar-refractivity contribution in [2.75, 3.05) is 0 Å². The number of aromatic nitrogens is 2. The lowest BCUT2D eigenvalue weighted by atomic mass is 10.0. The van der Waals surface area contributed by atoms with E-state index in [2.05, 4.69) is 70.1 Å². The molecule has 0 aliphatic rings. The molecule has 0 N–H and O–H groups in total. The number of aryl methyl sites for hydroxylation is 2. The maximum Gasteiger partial charge on any atom is 0.151 e. The molecule has 3 rings (SSSR count). The fraction of sp³-hybridized carbons (Fsp3) is 0.133. The molecule has 1 aromatic carbocycles. The molecule has 4 heteroatoms. The molecule has 0 unspecified atom stereocenters. The lowest BCUT2D eigenvalue weighted by Gasteiger charge is -2.03. The third-order valence-corrected chi connectivity index (χ3v) is 4.16. The predicted octanol–water partition coefficient (Wildman–Crippen LogP) is 5.14. The monoisotopic (exact) mass is 378 g/mol. The van der Waals surface area contributed by atoms with Gasteiger partial charge in [-0.25, -0.2) is 4.98 Å². The number of rotatable bonds is 1. The first-order valence-electron chi connectivity index (χ1n) is 5.96. The van der Waals surface area contributed by atoms with Crippen LogP contribution in [0.15, 0.2) is 45.6 Å². The van der Waals surface area contributed by atoms with Crippen LogP contribution in [0.3, 0.4) is 0 Å². The second-order valence-corrected chi connectivity index (χ2v) is 6.45. The zero-order valence-electron chi connectivity index (χ0n) is 10.6. The van der Waals surface area contributed by atoms with Crippen LogP contribution in [0, 0.1) is 13.8 Å². The second-order valence-electron chi connectivity index (χ2n) is 4.68. The molecule has 3 aromatic rings. The number of hydrogen-bond acceptors (Lipinski definition) is 1. The fourth-order valence-corrected chi connectivity index (χ4v) is 3.46. The average molecular weight is 380 g/mol. The van der Waals surface area contributed by atoms with Gasteiger partial charge < -0.3 is 4.40 Å². The number of nitrogens with zero attached hydrogens (tertiary/aromatic N) is 2. The molecule has 0 bridgehead atoms. The molecule has 0 amide bonds. The van der Waals surface area contributed by atoms with Crippen molar-refractivity contribution >= 4 is 37.5 Å². The Bertz CT molecular complexity index is 775. The first-order valence-corrected chi connectivity index (χ1v) is 7.54. The normalized spacial score (nSPS) is 11.2. The van der Waals surface area contributed by atoms with Crippen molar-refractivity contribution in [1.82, 2.24) is 9.38 Å². The van der Waals surface area contributed by atoms with Crippen LogP contribution in [0.25, 0.3) is 16.9 Å². The van der Waals surface area contributed by atoms with Gasteiger partial charge in [0.1, 0.15) is 0 Å². The van der Waals surface area contributed by atoms with E-state index in [1.165, 1.54) is 16.7 Å². The van der Waals surface area contributed by atoms with E-state index < -0.39 is 0 Å². The minimum absolute atomic E-state index is 0.930. The number of fused-ring (bicyclic) bond motifs is 1. The Morgan fingerprint density at radius 2 is 1.84 bits per heavy atom. The molecule has 0 saturated heterocycles. The summed E-state index contributed by atoms with van der Waals surface area (Å²) in [6.07, 6.45) is 4.08. The third kappa shape index (κ3) is 2.35. The minimum Gasteiger partial charge on any atom is -0.304 e. The van der Waals surface area contributed by atoms with Crippen LogP contribution in [0.4, 0.5) is 0 Å². The van der Waals surface area contributed by atoms with E-state index in [1.807, 2.05) is 16.7 Å². The zero-order valence-corrected chi connectivity index (χ0v) is 13.8. The molecule has 0 spiro atoms. The summed E-state index contributed by atoms with van der Waals surface area (Å²) in [6.45, 7) is 4.22. The van der Waals surface area contributed by atoms with Crippen LogP contribution >= 0.6 is 31.9 Å². The number of imidazole rings is 1. The summed E-state index contributed by atoms with van der Waals surface area (Å²) in [7, 11) is 0. The number of benzene rings is 1. The molecule has 0 aliphatic heterocycles. The Kier molecular flexibility index (Phi) is 3.23. The Morgan fingerprint density at radius 1 is 1.05 bits per heavy atom. The van der Waals surface area contributed by atoms with Crippen LogP contribution in [0.5, 0.6) is 0 Å². The van der Waals surface area contributed by atoms with Crippen molar-refractivity contribution in [3.05, 3.63) is 56.7 Å². The highest BCUT2D eigenvalue weighted by molar-refractivity contribution is 9.11. The van der Waals surface area contributed by atoms with Gasteiger partial charge in [0.15, 0.2) is 5.65 Å². The topological polar surface area (TPSA) is 17.3 Å². The Labute approximate surface area is 128 Å². The summed E-state index contributed by atoms with van der Waals surface area (Å²) in [5.41, 5.74) is 5.60. The van der Waals surface area contributed by atoms with E-state index in [4.69, 9.17) is 4.98 Å². The van der Waals surface area contributed by atoms with E-state index in [-0.39, 0.29) is 0 Å². The fourth-order valence-electron chi connectivity index (χ4n) is 2.17. The molecule has 0 aliphatic carbocycles. The predicted molar refractivity (Wildman–Crippen MR) is 85.5 cm³/mol. The van der Waals surface area contributed by atoms with Crippen molar-refractivity contribution in [2.24, 2.45) is 0 Å². The average Bonchev–Trinajstić information content (AvgIpc) is 2.76. The van der Waals surface area contributed by atoms with Gasteiger partial charge in [0, 0.05) is 22.4 Å². The van der Waals surface area contributed by atoms with Gasteiger partial charge in [-0.3, -0.25) is 0 Å². The lowest BCUT2D eigenvalue weighted by Crippen LogP contribution is -1.84. The quantitative estimate of drug-likeness (QED) is 0.571. The van der Waals surface area contributed by atoms with Gasteiger partial charge in [0.25, 0.3) is 0 Å². The Balaban J connectivity index is 2.26. The van der Waals surface area contributed by atoms with Crippen molar-refractivity contribution in [3.63, 3.8) is 0 Å². The highest BCUT2D eigenvalue weighted by Gasteiger charge is 2.10. The standard InChI is InChI=1S/C15H12Br2N2/c1-9-3-4-10(2)12(5-9)14-8-19-7-11(16)6-13(17)15(19)18-14/h3-8H,1-2H3. The van der Waals surface area contributed by atoms with Gasteiger partial charge in [-0.2, -0.15) is 0 Å². The van der Waals surface area contributed by atoms with E-state index in [0.29, 0.717) is 0 Å². The number of pyridine rings is 1. The van der Waals surface area contributed by atoms with Crippen LogP contribution in [-0.2, 0) is 0 Å². The second kappa shape index (κ2) is 4.76.